The minimum absolute atomic E-state index is 0.916. The van der Waals surface area contributed by atoms with Gasteiger partial charge in [0.25, 0.3) is 0 Å². The molecule has 0 radical (unpaired) electrons. The molecular weight excluding hydrogens is 160 g/mol. The SMILES string of the molecule is C1=Cc2c([nH]c3ccccc23)NC1. The maximum atomic E-state index is 3.35. The van der Waals surface area contributed by atoms with Crippen LogP contribution in [0, 0.1) is 0 Å². The lowest BCUT2D eigenvalue weighted by atomic mass is 10.1. The number of anilines is 1. The van der Waals surface area contributed by atoms with Gasteiger partial charge in [-0.05, 0) is 6.07 Å². The van der Waals surface area contributed by atoms with E-state index in [2.05, 4.69) is 40.7 Å². The summed E-state index contributed by atoms with van der Waals surface area (Å²) in [5, 5.41) is 4.60. The minimum atomic E-state index is 0.916. The molecule has 64 valence electrons. The molecule has 1 aliphatic rings. The third kappa shape index (κ3) is 0.886. The summed E-state index contributed by atoms with van der Waals surface area (Å²) in [7, 11) is 0. The molecule has 2 heterocycles. The smallest absolute Gasteiger partial charge is 0.111 e. The van der Waals surface area contributed by atoms with Crippen LogP contribution in [0.4, 0.5) is 5.82 Å². The lowest BCUT2D eigenvalue weighted by molar-refractivity contribution is 1.26. The molecule has 3 rings (SSSR count). The highest BCUT2D eigenvalue weighted by molar-refractivity contribution is 5.95. The summed E-state index contributed by atoms with van der Waals surface area (Å²) < 4.78 is 0. The predicted molar refractivity (Wildman–Crippen MR) is 55.8 cm³/mol. The van der Waals surface area contributed by atoms with Crippen molar-refractivity contribution in [2.75, 3.05) is 11.9 Å². The fraction of sp³-hybridized carbons (Fsp3) is 0.0909. The Kier molecular flexibility index (Phi) is 1.25. The van der Waals surface area contributed by atoms with Gasteiger partial charge in [0.2, 0.25) is 0 Å². The molecule has 1 aromatic heterocycles. The van der Waals surface area contributed by atoms with E-state index in [0.29, 0.717) is 0 Å². The Balaban J connectivity index is 2.42. The molecule has 0 aliphatic carbocycles. The van der Waals surface area contributed by atoms with Gasteiger partial charge in [-0.1, -0.05) is 30.4 Å². The number of rotatable bonds is 0. The summed E-state index contributed by atoms with van der Waals surface area (Å²) in [6, 6.07) is 8.36. The minimum Gasteiger partial charge on any atom is -0.368 e. The summed E-state index contributed by atoms with van der Waals surface area (Å²) in [5.41, 5.74) is 2.48. The summed E-state index contributed by atoms with van der Waals surface area (Å²) in [6.45, 7) is 0.916. The molecular formula is C11H10N2. The Hall–Kier alpha value is -1.70. The zero-order chi connectivity index (χ0) is 8.67. The number of nitrogens with one attached hydrogen (secondary N) is 2. The van der Waals surface area contributed by atoms with Crippen molar-refractivity contribution < 1.29 is 0 Å². The van der Waals surface area contributed by atoms with E-state index in [-0.39, 0.29) is 0 Å². The van der Waals surface area contributed by atoms with Crippen molar-refractivity contribution in [2.45, 2.75) is 0 Å². The van der Waals surface area contributed by atoms with Crippen molar-refractivity contribution in [3.05, 3.63) is 35.9 Å². The average Bonchev–Trinajstić information content (AvgIpc) is 2.56. The molecule has 2 N–H and O–H groups in total. The van der Waals surface area contributed by atoms with Crippen molar-refractivity contribution >= 4 is 22.8 Å². The Labute approximate surface area is 76.3 Å². The number of fused-ring (bicyclic) bond motifs is 3. The predicted octanol–water partition coefficient (Wildman–Crippen LogP) is 2.61. The summed E-state index contributed by atoms with van der Waals surface area (Å²) in [4.78, 5) is 3.35. The van der Waals surface area contributed by atoms with Crippen molar-refractivity contribution in [3.63, 3.8) is 0 Å². The van der Waals surface area contributed by atoms with Gasteiger partial charge in [-0.3, -0.25) is 0 Å². The monoisotopic (exact) mass is 170 g/mol. The number of aromatic amines is 1. The van der Waals surface area contributed by atoms with E-state index in [1.807, 2.05) is 6.07 Å². The highest BCUT2D eigenvalue weighted by atomic mass is 15.0. The van der Waals surface area contributed by atoms with Crippen molar-refractivity contribution in [1.82, 2.24) is 4.98 Å². The molecule has 0 unspecified atom stereocenters. The second-order valence-electron chi connectivity index (χ2n) is 3.24. The van der Waals surface area contributed by atoms with Gasteiger partial charge in [0.05, 0.1) is 0 Å². The number of benzene rings is 1. The Morgan fingerprint density at radius 3 is 3.08 bits per heavy atom. The third-order valence-electron chi connectivity index (χ3n) is 2.43. The molecule has 0 bridgehead atoms. The van der Waals surface area contributed by atoms with Gasteiger partial charge in [0.1, 0.15) is 5.82 Å². The normalized spacial score (nSPS) is 14.2. The number of para-hydroxylation sites is 1. The largest absolute Gasteiger partial charge is 0.368 e. The summed E-state index contributed by atoms with van der Waals surface area (Å²) in [6.07, 6.45) is 4.31. The molecule has 0 spiro atoms. The van der Waals surface area contributed by atoms with Crippen LogP contribution in [0.5, 0.6) is 0 Å². The van der Waals surface area contributed by atoms with Crippen LogP contribution in [0.3, 0.4) is 0 Å². The van der Waals surface area contributed by atoms with E-state index < -0.39 is 0 Å². The van der Waals surface area contributed by atoms with Gasteiger partial charge in [-0.2, -0.15) is 0 Å². The van der Waals surface area contributed by atoms with E-state index in [1.165, 1.54) is 16.5 Å². The molecule has 2 nitrogen and oxygen atoms in total. The number of aromatic nitrogens is 1. The molecule has 2 heteroatoms. The zero-order valence-electron chi connectivity index (χ0n) is 7.17. The van der Waals surface area contributed by atoms with Crippen LogP contribution in [0.2, 0.25) is 0 Å². The number of hydrogen-bond acceptors (Lipinski definition) is 1. The van der Waals surface area contributed by atoms with Crippen LogP contribution < -0.4 is 5.32 Å². The van der Waals surface area contributed by atoms with Gasteiger partial charge in [-0.15, -0.1) is 0 Å². The molecule has 1 aliphatic heterocycles. The Morgan fingerprint density at radius 1 is 1.15 bits per heavy atom. The third-order valence-corrected chi connectivity index (χ3v) is 2.43. The lowest BCUT2D eigenvalue weighted by Crippen LogP contribution is -2.02. The molecule has 0 atom stereocenters. The fourth-order valence-corrected chi connectivity index (χ4v) is 1.81. The van der Waals surface area contributed by atoms with E-state index >= 15 is 0 Å². The lowest BCUT2D eigenvalue weighted by Gasteiger charge is -2.06. The van der Waals surface area contributed by atoms with E-state index in [9.17, 15) is 0 Å². The van der Waals surface area contributed by atoms with E-state index in [4.69, 9.17) is 0 Å². The van der Waals surface area contributed by atoms with Gasteiger partial charge in [-0.25, -0.2) is 0 Å². The molecule has 0 fully saturated rings. The summed E-state index contributed by atoms with van der Waals surface area (Å²) in [5.74, 6) is 1.14. The molecule has 0 saturated carbocycles. The Morgan fingerprint density at radius 2 is 2.08 bits per heavy atom. The second-order valence-corrected chi connectivity index (χ2v) is 3.24. The van der Waals surface area contributed by atoms with Crippen LogP contribution in [0.25, 0.3) is 17.0 Å². The van der Waals surface area contributed by atoms with Crippen LogP contribution in [-0.4, -0.2) is 11.5 Å². The maximum Gasteiger partial charge on any atom is 0.111 e. The van der Waals surface area contributed by atoms with Gasteiger partial charge >= 0.3 is 0 Å². The van der Waals surface area contributed by atoms with Crippen LogP contribution >= 0.6 is 0 Å². The van der Waals surface area contributed by atoms with Crippen molar-refractivity contribution in [2.24, 2.45) is 0 Å². The maximum absolute atomic E-state index is 3.35. The summed E-state index contributed by atoms with van der Waals surface area (Å²) >= 11 is 0. The average molecular weight is 170 g/mol. The Bertz CT molecular complexity index is 480. The van der Waals surface area contributed by atoms with Crippen LogP contribution in [0.1, 0.15) is 5.56 Å². The van der Waals surface area contributed by atoms with E-state index in [1.54, 1.807) is 0 Å². The van der Waals surface area contributed by atoms with Crippen molar-refractivity contribution in [3.8, 4) is 0 Å². The highest BCUT2D eigenvalue weighted by Gasteiger charge is 2.09. The molecule has 1 aromatic carbocycles. The molecule has 13 heavy (non-hydrogen) atoms. The first-order chi connectivity index (χ1) is 6.45. The van der Waals surface area contributed by atoms with Gasteiger partial charge < -0.3 is 10.3 Å². The fourth-order valence-electron chi connectivity index (χ4n) is 1.81. The first kappa shape index (κ1) is 6.78. The van der Waals surface area contributed by atoms with Crippen molar-refractivity contribution in [1.29, 1.82) is 0 Å². The number of hydrogen-bond donors (Lipinski definition) is 2. The standard InChI is InChI=1S/C11H10N2/c1-2-6-10-8(4-1)9-5-3-7-12-11(9)13-10/h1-6,12-13H,7H2. The first-order valence-corrected chi connectivity index (χ1v) is 4.46. The topological polar surface area (TPSA) is 27.8 Å². The van der Waals surface area contributed by atoms with Gasteiger partial charge in [0, 0.05) is 23.0 Å². The zero-order valence-corrected chi connectivity index (χ0v) is 7.17. The van der Waals surface area contributed by atoms with E-state index in [0.717, 1.165) is 12.4 Å². The first-order valence-electron chi connectivity index (χ1n) is 4.46. The molecule has 2 aromatic rings. The van der Waals surface area contributed by atoms with Crippen LogP contribution in [-0.2, 0) is 0 Å². The number of H-pyrrole nitrogens is 1. The molecule has 0 saturated heterocycles. The van der Waals surface area contributed by atoms with Crippen LogP contribution in [0.15, 0.2) is 30.3 Å². The molecule has 0 amide bonds. The van der Waals surface area contributed by atoms with Gasteiger partial charge in [0.15, 0.2) is 0 Å². The highest BCUT2D eigenvalue weighted by Crippen LogP contribution is 2.28. The quantitative estimate of drug-likeness (QED) is 0.625. The second kappa shape index (κ2) is 2.39.